The van der Waals surface area contributed by atoms with Crippen LogP contribution in [0.15, 0.2) is 61.2 Å². The number of benzene rings is 2. The maximum absolute atomic E-state index is 4.42. The lowest BCUT2D eigenvalue weighted by atomic mass is 9.86. The molecule has 2 aromatic carbocycles. The number of unbranched alkanes of at least 4 members (excludes halogenated alkanes) is 1. The van der Waals surface area contributed by atoms with Crippen LogP contribution in [0.4, 0.5) is 0 Å². The van der Waals surface area contributed by atoms with Crippen molar-refractivity contribution in [2.24, 2.45) is 11.8 Å². The fourth-order valence-electron chi connectivity index (χ4n) is 5.50. The van der Waals surface area contributed by atoms with Gasteiger partial charge in [0.1, 0.15) is 0 Å². The molecule has 0 radical (unpaired) electrons. The Labute approximate surface area is 183 Å². The third-order valence-electron chi connectivity index (χ3n) is 7.43. The van der Waals surface area contributed by atoms with Crippen LogP contribution in [0, 0.1) is 11.8 Å². The summed E-state index contributed by atoms with van der Waals surface area (Å²) in [5, 5.41) is 0. The van der Waals surface area contributed by atoms with Crippen molar-refractivity contribution < 1.29 is 0 Å². The summed E-state index contributed by atoms with van der Waals surface area (Å²) in [6.45, 7) is 11.4. The molecule has 0 amide bonds. The summed E-state index contributed by atoms with van der Waals surface area (Å²) in [6.07, 6.45) is 6.44. The van der Waals surface area contributed by atoms with E-state index in [2.05, 4.69) is 84.9 Å². The Hall–Kier alpha value is -2.06. The lowest BCUT2D eigenvalue weighted by Gasteiger charge is -2.24. The smallest absolute Gasteiger partial charge is 0.0366 e. The van der Waals surface area contributed by atoms with Crippen LogP contribution in [0.5, 0.6) is 0 Å². The minimum atomic E-state index is 0.713. The highest BCUT2D eigenvalue weighted by Crippen LogP contribution is 2.48. The van der Waals surface area contributed by atoms with Crippen molar-refractivity contribution in [1.29, 1.82) is 0 Å². The van der Waals surface area contributed by atoms with Crippen molar-refractivity contribution >= 4 is 5.70 Å². The first-order valence-electron chi connectivity index (χ1n) is 11.9. The van der Waals surface area contributed by atoms with Gasteiger partial charge in [-0.25, -0.2) is 0 Å². The second kappa shape index (κ2) is 9.83. The molecule has 2 fully saturated rings. The molecule has 160 valence electrons. The summed E-state index contributed by atoms with van der Waals surface area (Å²) in [7, 11) is 2.25. The van der Waals surface area contributed by atoms with Crippen LogP contribution < -0.4 is 0 Å². The van der Waals surface area contributed by atoms with Gasteiger partial charge in [0.2, 0.25) is 0 Å². The van der Waals surface area contributed by atoms with E-state index < -0.39 is 0 Å². The summed E-state index contributed by atoms with van der Waals surface area (Å²) in [5.41, 5.74) is 5.49. The van der Waals surface area contributed by atoms with E-state index in [9.17, 15) is 0 Å². The van der Waals surface area contributed by atoms with Gasteiger partial charge in [-0.3, -0.25) is 0 Å². The zero-order valence-corrected chi connectivity index (χ0v) is 18.9. The molecule has 1 saturated heterocycles. The molecule has 1 heterocycles. The Morgan fingerprint density at radius 1 is 1.00 bits per heavy atom. The second-order valence-electron chi connectivity index (χ2n) is 9.47. The molecule has 2 heteroatoms. The minimum Gasteiger partial charge on any atom is -0.371 e. The van der Waals surface area contributed by atoms with Gasteiger partial charge < -0.3 is 9.80 Å². The van der Waals surface area contributed by atoms with Crippen molar-refractivity contribution in [2.45, 2.75) is 44.9 Å². The molecule has 1 saturated carbocycles. The van der Waals surface area contributed by atoms with Gasteiger partial charge >= 0.3 is 0 Å². The van der Waals surface area contributed by atoms with Crippen LogP contribution in [-0.4, -0.2) is 43.0 Å². The van der Waals surface area contributed by atoms with Gasteiger partial charge in [0, 0.05) is 25.3 Å². The standard InChI is InChI=1S/C28H38N2/c1-4-5-18-29(3)19-17-23-11-13-25(14-12-23)27-16-15-26-20-30(21-28(26)27)22(2)24-9-7-6-8-10-24/h6-14,26-28H,2,4-5,15-21H2,1,3H3/t26?,27-,28?/m0/s1. The first-order chi connectivity index (χ1) is 14.7. The average molecular weight is 403 g/mol. The fraction of sp³-hybridized carbons (Fsp3) is 0.500. The molecule has 1 aliphatic carbocycles. The van der Waals surface area contributed by atoms with Gasteiger partial charge in [-0.15, -0.1) is 0 Å². The maximum atomic E-state index is 4.42. The Kier molecular flexibility index (Phi) is 6.94. The molecule has 4 rings (SSSR count). The van der Waals surface area contributed by atoms with Gasteiger partial charge in [0.05, 0.1) is 0 Å². The number of rotatable bonds is 9. The lowest BCUT2D eigenvalue weighted by Crippen LogP contribution is -2.22. The van der Waals surface area contributed by atoms with E-state index in [-0.39, 0.29) is 0 Å². The van der Waals surface area contributed by atoms with Gasteiger partial charge in [0.25, 0.3) is 0 Å². The molecule has 0 aromatic heterocycles. The topological polar surface area (TPSA) is 6.48 Å². The van der Waals surface area contributed by atoms with E-state index in [1.165, 1.54) is 55.6 Å². The molecular weight excluding hydrogens is 364 g/mol. The van der Waals surface area contributed by atoms with Gasteiger partial charge in [0.15, 0.2) is 0 Å². The number of fused-ring (bicyclic) bond motifs is 1. The van der Waals surface area contributed by atoms with Crippen LogP contribution in [0.3, 0.4) is 0 Å². The second-order valence-corrected chi connectivity index (χ2v) is 9.47. The molecule has 0 spiro atoms. The highest BCUT2D eigenvalue weighted by molar-refractivity contribution is 5.62. The number of nitrogens with zero attached hydrogens (tertiary/aromatic N) is 2. The van der Waals surface area contributed by atoms with E-state index in [4.69, 9.17) is 0 Å². The van der Waals surface area contributed by atoms with Crippen molar-refractivity contribution in [1.82, 2.24) is 9.80 Å². The molecular formula is C28H38N2. The Morgan fingerprint density at radius 2 is 1.77 bits per heavy atom. The predicted octanol–water partition coefficient (Wildman–Crippen LogP) is 6.06. The average Bonchev–Trinajstić information content (AvgIpc) is 3.38. The molecule has 0 bridgehead atoms. The van der Waals surface area contributed by atoms with Crippen LogP contribution in [-0.2, 0) is 6.42 Å². The lowest BCUT2D eigenvalue weighted by molar-refractivity contribution is 0.332. The van der Waals surface area contributed by atoms with Crippen molar-refractivity contribution in [3.63, 3.8) is 0 Å². The maximum Gasteiger partial charge on any atom is 0.0366 e. The molecule has 2 aliphatic rings. The van der Waals surface area contributed by atoms with Crippen LogP contribution in [0.1, 0.15) is 55.2 Å². The highest BCUT2D eigenvalue weighted by atomic mass is 15.2. The summed E-state index contributed by atoms with van der Waals surface area (Å²) in [6, 6.07) is 20.3. The van der Waals surface area contributed by atoms with E-state index in [1.54, 1.807) is 5.56 Å². The first kappa shape index (κ1) is 21.2. The zero-order valence-electron chi connectivity index (χ0n) is 18.9. The summed E-state index contributed by atoms with van der Waals surface area (Å²) >= 11 is 0. The molecule has 30 heavy (non-hydrogen) atoms. The summed E-state index contributed by atoms with van der Waals surface area (Å²) < 4.78 is 0. The monoisotopic (exact) mass is 402 g/mol. The number of likely N-dealkylation sites (tertiary alicyclic amines) is 1. The van der Waals surface area contributed by atoms with Crippen LogP contribution >= 0.6 is 0 Å². The summed E-state index contributed by atoms with van der Waals surface area (Å²) in [4.78, 5) is 5.00. The Balaban J connectivity index is 1.34. The quantitative estimate of drug-likeness (QED) is 0.503. The van der Waals surface area contributed by atoms with Gasteiger partial charge in [-0.05, 0) is 73.7 Å². The van der Waals surface area contributed by atoms with E-state index in [0.717, 1.165) is 31.3 Å². The first-order valence-corrected chi connectivity index (χ1v) is 11.9. The largest absolute Gasteiger partial charge is 0.371 e. The number of likely N-dealkylation sites (N-methyl/N-ethyl adjacent to an activating group) is 1. The van der Waals surface area contributed by atoms with Crippen molar-refractivity contribution in [2.75, 3.05) is 33.2 Å². The third kappa shape index (κ3) is 4.81. The predicted molar refractivity (Wildman–Crippen MR) is 129 cm³/mol. The van der Waals surface area contributed by atoms with Crippen LogP contribution in [0.25, 0.3) is 5.70 Å². The summed E-state index contributed by atoms with van der Waals surface area (Å²) in [5.74, 6) is 2.31. The number of hydrogen-bond acceptors (Lipinski definition) is 2. The normalized spacial score (nSPS) is 23.2. The van der Waals surface area contributed by atoms with Gasteiger partial charge in [-0.2, -0.15) is 0 Å². The third-order valence-corrected chi connectivity index (χ3v) is 7.43. The fourth-order valence-corrected chi connectivity index (χ4v) is 5.50. The molecule has 2 aromatic rings. The molecule has 2 unspecified atom stereocenters. The van der Waals surface area contributed by atoms with Crippen molar-refractivity contribution in [3.8, 4) is 0 Å². The van der Waals surface area contributed by atoms with Gasteiger partial charge in [-0.1, -0.05) is 74.5 Å². The highest BCUT2D eigenvalue weighted by Gasteiger charge is 2.43. The van der Waals surface area contributed by atoms with Crippen LogP contribution in [0.2, 0.25) is 0 Å². The molecule has 0 N–H and O–H groups in total. The molecule has 3 atom stereocenters. The number of hydrogen-bond donors (Lipinski definition) is 0. The van der Waals surface area contributed by atoms with Crippen molar-refractivity contribution in [3.05, 3.63) is 77.9 Å². The van der Waals surface area contributed by atoms with E-state index in [0.29, 0.717) is 5.92 Å². The molecule has 1 aliphatic heterocycles. The SMILES string of the molecule is C=C(c1ccccc1)N1CC2CC[C@@H](c3ccc(CCN(C)CCCC)cc3)C2C1. The Morgan fingerprint density at radius 3 is 2.50 bits per heavy atom. The van der Waals surface area contributed by atoms with E-state index >= 15 is 0 Å². The zero-order chi connectivity index (χ0) is 20.9. The van der Waals surface area contributed by atoms with E-state index in [1.807, 2.05) is 0 Å². The molecule has 2 nitrogen and oxygen atoms in total. The Bertz CT molecular complexity index is 810. The minimum absolute atomic E-state index is 0.713.